The highest BCUT2D eigenvalue weighted by Crippen LogP contribution is 2.21. The molecule has 130 valence electrons. The zero-order valence-electron chi connectivity index (χ0n) is 15.4. The first kappa shape index (κ1) is 18.3. The molecule has 0 aromatic carbocycles. The van der Waals surface area contributed by atoms with Gasteiger partial charge in [0.05, 0.1) is 0 Å². The number of amides is 1. The van der Waals surface area contributed by atoms with Crippen LogP contribution in [-0.4, -0.2) is 28.5 Å². The van der Waals surface area contributed by atoms with Crippen molar-refractivity contribution in [1.29, 1.82) is 5.26 Å². The average Bonchev–Trinajstić information content (AvgIpc) is 2.72. The molecule has 1 fully saturated rings. The highest BCUT2D eigenvalue weighted by atomic mass is 16.2. The number of likely N-dealkylation sites (tertiary alicyclic amines) is 1. The smallest absolute Gasteiger partial charge is 0.264 e. The van der Waals surface area contributed by atoms with Crippen LogP contribution in [0.3, 0.4) is 0 Å². The predicted molar refractivity (Wildman–Crippen MR) is 97.4 cm³/mol. The second-order valence-corrected chi connectivity index (χ2v) is 6.98. The van der Waals surface area contributed by atoms with Gasteiger partial charge in [0.15, 0.2) is 0 Å². The van der Waals surface area contributed by atoms with Crippen LogP contribution >= 0.6 is 0 Å². The third kappa shape index (κ3) is 4.08. The Labute approximate surface area is 145 Å². The zero-order valence-corrected chi connectivity index (χ0v) is 15.4. The molecule has 1 unspecified atom stereocenters. The molecule has 1 saturated heterocycles. The Morgan fingerprint density at radius 3 is 2.79 bits per heavy atom. The summed E-state index contributed by atoms with van der Waals surface area (Å²) in [5.74, 6) is 0.539. The van der Waals surface area contributed by atoms with Crippen LogP contribution in [0.4, 0.5) is 0 Å². The summed E-state index contributed by atoms with van der Waals surface area (Å²) in [4.78, 5) is 14.6. The quantitative estimate of drug-likeness (QED) is 0.618. The molecule has 24 heavy (non-hydrogen) atoms. The number of aryl methyl sites for hydroxylation is 1. The average molecular weight is 327 g/mol. The van der Waals surface area contributed by atoms with Gasteiger partial charge in [-0.05, 0) is 63.2 Å². The number of carbonyl (C=O) groups excluding carboxylic acids is 1. The van der Waals surface area contributed by atoms with Crippen LogP contribution in [0.25, 0.3) is 6.08 Å². The maximum Gasteiger partial charge on any atom is 0.264 e. The van der Waals surface area contributed by atoms with Crippen LogP contribution < -0.4 is 0 Å². The van der Waals surface area contributed by atoms with Crippen LogP contribution in [0.15, 0.2) is 11.6 Å². The maximum atomic E-state index is 12.8. The van der Waals surface area contributed by atoms with Crippen molar-refractivity contribution in [3.63, 3.8) is 0 Å². The molecule has 1 aliphatic heterocycles. The molecule has 0 N–H and O–H groups in total. The van der Waals surface area contributed by atoms with E-state index in [1.165, 1.54) is 5.69 Å². The van der Waals surface area contributed by atoms with E-state index in [0.29, 0.717) is 5.92 Å². The van der Waals surface area contributed by atoms with Gasteiger partial charge in [-0.1, -0.05) is 13.8 Å². The molecule has 1 aromatic rings. The number of aromatic nitrogens is 1. The summed E-state index contributed by atoms with van der Waals surface area (Å²) >= 11 is 0. The van der Waals surface area contributed by atoms with E-state index in [2.05, 4.69) is 44.4 Å². The van der Waals surface area contributed by atoms with Gasteiger partial charge in [-0.3, -0.25) is 4.79 Å². The van der Waals surface area contributed by atoms with Gasteiger partial charge in [-0.2, -0.15) is 5.26 Å². The fourth-order valence-electron chi connectivity index (χ4n) is 3.48. The van der Waals surface area contributed by atoms with Crippen molar-refractivity contribution in [1.82, 2.24) is 9.47 Å². The summed E-state index contributed by atoms with van der Waals surface area (Å²) in [5.41, 5.74) is 3.53. The lowest BCUT2D eigenvalue weighted by molar-refractivity contribution is -0.126. The van der Waals surface area contributed by atoms with E-state index in [1.54, 1.807) is 6.08 Å². The number of carbonyl (C=O) groups is 1. The Hall–Kier alpha value is -2.02. The Bertz CT molecular complexity index is 663. The molecule has 1 aromatic heterocycles. The van der Waals surface area contributed by atoms with E-state index in [4.69, 9.17) is 0 Å². The van der Waals surface area contributed by atoms with Gasteiger partial charge < -0.3 is 9.47 Å². The van der Waals surface area contributed by atoms with Crippen LogP contribution in [0.1, 0.15) is 56.5 Å². The normalized spacial score (nSPS) is 19.0. The molecule has 1 aliphatic rings. The van der Waals surface area contributed by atoms with Gasteiger partial charge >= 0.3 is 0 Å². The van der Waals surface area contributed by atoms with Gasteiger partial charge in [0.1, 0.15) is 11.6 Å². The Balaban J connectivity index is 2.24. The number of nitrogens with zero attached hydrogens (tertiary/aromatic N) is 3. The SMILES string of the molecule is CCCn1c(C)cc(/C=C(\C#N)C(=O)N2CCCC(C)CC2)c1C. The molecule has 4 heteroatoms. The lowest BCUT2D eigenvalue weighted by Crippen LogP contribution is -2.32. The van der Waals surface area contributed by atoms with Crippen molar-refractivity contribution in [2.24, 2.45) is 5.92 Å². The number of nitriles is 1. The maximum absolute atomic E-state index is 12.8. The van der Waals surface area contributed by atoms with E-state index < -0.39 is 0 Å². The Morgan fingerprint density at radius 1 is 1.38 bits per heavy atom. The summed E-state index contributed by atoms with van der Waals surface area (Å²) in [6, 6.07) is 4.20. The van der Waals surface area contributed by atoms with Crippen molar-refractivity contribution >= 4 is 12.0 Å². The van der Waals surface area contributed by atoms with E-state index in [1.807, 2.05) is 4.90 Å². The first-order chi connectivity index (χ1) is 11.5. The molecular weight excluding hydrogens is 298 g/mol. The summed E-state index contributed by atoms with van der Waals surface area (Å²) in [7, 11) is 0. The first-order valence-electron chi connectivity index (χ1n) is 9.05. The third-order valence-corrected chi connectivity index (χ3v) is 5.01. The molecular formula is C20H29N3O. The highest BCUT2D eigenvalue weighted by molar-refractivity contribution is 6.01. The van der Waals surface area contributed by atoms with Crippen LogP contribution in [0, 0.1) is 31.1 Å². The first-order valence-corrected chi connectivity index (χ1v) is 9.05. The predicted octanol–water partition coefficient (Wildman–Crippen LogP) is 4.07. The summed E-state index contributed by atoms with van der Waals surface area (Å²) < 4.78 is 2.25. The molecule has 0 radical (unpaired) electrons. The second-order valence-electron chi connectivity index (χ2n) is 6.98. The Morgan fingerprint density at radius 2 is 2.12 bits per heavy atom. The Kier molecular flexibility index (Phi) is 6.25. The molecule has 1 amide bonds. The third-order valence-electron chi connectivity index (χ3n) is 5.01. The zero-order chi connectivity index (χ0) is 17.7. The fraction of sp³-hybridized carbons (Fsp3) is 0.600. The number of rotatable bonds is 4. The van der Waals surface area contributed by atoms with E-state index >= 15 is 0 Å². The molecule has 0 spiro atoms. The van der Waals surface area contributed by atoms with Gasteiger partial charge in [-0.15, -0.1) is 0 Å². The minimum atomic E-state index is -0.119. The highest BCUT2D eigenvalue weighted by Gasteiger charge is 2.22. The van der Waals surface area contributed by atoms with E-state index in [9.17, 15) is 10.1 Å². The molecule has 4 nitrogen and oxygen atoms in total. The molecule has 2 rings (SSSR count). The van der Waals surface area contributed by atoms with Crippen LogP contribution in [0.2, 0.25) is 0 Å². The molecule has 0 bridgehead atoms. The monoisotopic (exact) mass is 327 g/mol. The summed E-state index contributed by atoms with van der Waals surface area (Å²) in [5, 5.41) is 9.51. The topological polar surface area (TPSA) is 49.0 Å². The fourth-order valence-corrected chi connectivity index (χ4v) is 3.48. The van der Waals surface area contributed by atoms with Crippen molar-refractivity contribution in [3.8, 4) is 6.07 Å². The van der Waals surface area contributed by atoms with Gasteiger partial charge in [0, 0.05) is 31.0 Å². The van der Waals surface area contributed by atoms with E-state index in [-0.39, 0.29) is 11.5 Å². The van der Waals surface area contributed by atoms with Crippen molar-refractivity contribution in [3.05, 3.63) is 28.6 Å². The van der Waals surface area contributed by atoms with E-state index in [0.717, 1.165) is 56.6 Å². The summed E-state index contributed by atoms with van der Waals surface area (Å²) in [6.07, 6.45) is 6.04. The lowest BCUT2D eigenvalue weighted by Gasteiger charge is -2.19. The standard InChI is InChI=1S/C20H29N3O/c1-5-9-23-16(3)12-18(17(23)4)13-19(14-21)20(24)22-10-6-7-15(2)8-11-22/h12-13,15H,5-11H2,1-4H3/b19-13+. The number of hydrogen-bond acceptors (Lipinski definition) is 2. The van der Waals surface area contributed by atoms with Crippen molar-refractivity contribution in [2.45, 2.75) is 59.9 Å². The minimum absolute atomic E-state index is 0.119. The van der Waals surface area contributed by atoms with Crippen LogP contribution in [0.5, 0.6) is 0 Å². The molecule has 0 saturated carbocycles. The minimum Gasteiger partial charge on any atom is -0.349 e. The number of hydrogen-bond donors (Lipinski definition) is 0. The summed E-state index contributed by atoms with van der Waals surface area (Å²) in [6.45, 7) is 11.0. The second kappa shape index (κ2) is 8.19. The van der Waals surface area contributed by atoms with Crippen molar-refractivity contribution < 1.29 is 4.79 Å². The molecule has 2 heterocycles. The molecule has 1 atom stereocenters. The van der Waals surface area contributed by atoms with Gasteiger partial charge in [0.2, 0.25) is 0 Å². The lowest BCUT2D eigenvalue weighted by atomic mass is 10.0. The van der Waals surface area contributed by atoms with Crippen molar-refractivity contribution in [2.75, 3.05) is 13.1 Å². The molecule has 0 aliphatic carbocycles. The largest absolute Gasteiger partial charge is 0.349 e. The van der Waals surface area contributed by atoms with Gasteiger partial charge in [-0.25, -0.2) is 0 Å². The van der Waals surface area contributed by atoms with Gasteiger partial charge in [0.25, 0.3) is 5.91 Å². The van der Waals surface area contributed by atoms with Crippen LogP contribution in [-0.2, 0) is 11.3 Å².